The third-order valence-electron chi connectivity index (χ3n) is 4.72. The van der Waals surface area contributed by atoms with Crippen molar-refractivity contribution >= 4 is 29.8 Å². The summed E-state index contributed by atoms with van der Waals surface area (Å²) in [6, 6.07) is 0. The molecule has 0 aliphatic carbocycles. The molecule has 0 aromatic rings. The summed E-state index contributed by atoms with van der Waals surface area (Å²) in [6.07, 6.45) is 0.695. The van der Waals surface area contributed by atoms with Crippen LogP contribution in [-0.2, 0) is 24.0 Å². The topological polar surface area (TPSA) is 188 Å². The van der Waals surface area contributed by atoms with Gasteiger partial charge in [-0.1, -0.05) is 20.8 Å². The average molecular weight is 505 g/mol. The molecule has 0 aliphatic rings. The predicted molar refractivity (Wildman–Crippen MR) is 126 cm³/mol. The number of amides is 1. The van der Waals surface area contributed by atoms with E-state index in [4.69, 9.17) is 10.2 Å². The Labute approximate surface area is 205 Å². The molecule has 5 N–H and O–H groups in total. The molecule has 0 saturated carbocycles. The van der Waals surface area contributed by atoms with E-state index in [1.807, 2.05) is 34.6 Å². The molecule has 0 rings (SSSR count). The molecule has 0 spiro atoms. The van der Waals surface area contributed by atoms with E-state index in [0.717, 1.165) is 4.90 Å². The zero-order chi connectivity index (χ0) is 27.4. The number of hydrogen-bond donors (Lipinski definition) is 5. The van der Waals surface area contributed by atoms with Gasteiger partial charge < -0.3 is 25.7 Å². The van der Waals surface area contributed by atoms with Gasteiger partial charge in [0.15, 0.2) is 0 Å². The molecule has 0 aliphatic heterocycles. The van der Waals surface area contributed by atoms with Gasteiger partial charge in [0, 0.05) is 31.7 Å². The van der Waals surface area contributed by atoms with Crippen molar-refractivity contribution < 1.29 is 44.4 Å². The fourth-order valence-electron chi connectivity index (χ4n) is 4.02. The molecule has 0 unspecified atom stereocenters. The number of nitrogens with one attached hydrogen (secondary N) is 1. The molecular weight excluding hydrogens is 464 g/mol. The van der Waals surface area contributed by atoms with Gasteiger partial charge in [0.1, 0.15) is 0 Å². The van der Waals surface area contributed by atoms with Gasteiger partial charge >= 0.3 is 23.9 Å². The Bertz CT molecular complexity index is 734. The number of nitrogens with zero attached hydrogens (tertiary/aromatic N) is 3. The van der Waals surface area contributed by atoms with E-state index in [1.54, 1.807) is 0 Å². The van der Waals surface area contributed by atoms with Gasteiger partial charge in [-0.25, -0.2) is 0 Å². The number of hydrogen-bond acceptors (Lipinski definition) is 8. The SMILES string of the molecule is CC(C)(C)CC(C)(C)NC(=O)CN(CCN(CCN(CC(=O)O)CC(=O)O)CC(=O)O)CC(=O)O. The van der Waals surface area contributed by atoms with Gasteiger partial charge in [-0.3, -0.25) is 38.7 Å². The molecule has 0 aromatic carbocycles. The quantitative estimate of drug-likeness (QED) is 0.162. The van der Waals surface area contributed by atoms with Crippen LogP contribution in [0.1, 0.15) is 41.0 Å². The Kier molecular flexibility index (Phi) is 13.4. The molecule has 13 nitrogen and oxygen atoms in total. The maximum atomic E-state index is 12.6. The van der Waals surface area contributed by atoms with E-state index in [9.17, 15) is 34.2 Å². The highest BCUT2D eigenvalue weighted by atomic mass is 16.4. The van der Waals surface area contributed by atoms with E-state index in [-0.39, 0.29) is 44.0 Å². The standard InChI is InChI=1S/C22H40N4O9/c1-21(2,3)15-22(4,5)23-16(27)10-25(12-18(30)31)8-6-24(11-17(28)29)7-9-26(13-19(32)33)14-20(34)35/h6-15H2,1-5H3,(H,23,27)(H,28,29)(H,30,31)(H,32,33)(H,34,35). The second kappa shape index (κ2) is 14.6. The fourth-order valence-corrected chi connectivity index (χ4v) is 4.02. The highest BCUT2D eigenvalue weighted by Gasteiger charge is 2.28. The summed E-state index contributed by atoms with van der Waals surface area (Å²) in [7, 11) is 0. The fraction of sp³-hybridized carbons (Fsp3) is 0.773. The van der Waals surface area contributed by atoms with E-state index in [0.29, 0.717) is 6.42 Å². The third-order valence-corrected chi connectivity index (χ3v) is 4.72. The summed E-state index contributed by atoms with van der Waals surface area (Å²) in [4.78, 5) is 61.1. The Balaban J connectivity index is 5.18. The van der Waals surface area contributed by atoms with Crippen molar-refractivity contribution in [1.29, 1.82) is 0 Å². The highest BCUT2D eigenvalue weighted by Crippen LogP contribution is 2.26. The summed E-state index contributed by atoms with van der Waals surface area (Å²) in [5.41, 5.74) is -0.554. The van der Waals surface area contributed by atoms with E-state index in [2.05, 4.69) is 5.32 Å². The minimum atomic E-state index is -1.22. The Hall–Kier alpha value is -2.77. The molecule has 0 atom stereocenters. The van der Waals surface area contributed by atoms with Crippen molar-refractivity contribution in [3.63, 3.8) is 0 Å². The number of carboxylic acids is 4. The van der Waals surface area contributed by atoms with Crippen LogP contribution in [-0.4, -0.2) is 129 Å². The minimum Gasteiger partial charge on any atom is -0.480 e. The molecule has 0 heterocycles. The van der Waals surface area contributed by atoms with E-state index < -0.39 is 55.6 Å². The lowest BCUT2D eigenvalue weighted by atomic mass is 9.82. The van der Waals surface area contributed by atoms with Gasteiger partial charge in [-0.2, -0.15) is 0 Å². The van der Waals surface area contributed by atoms with Crippen LogP contribution in [0.3, 0.4) is 0 Å². The molecule has 202 valence electrons. The maximum Gasteiger partial charge on any atom is 0.317 e. The lowest BCUT2D eigenvalue weighted by molar-refractivity contribution is -0.143. The number of carboxylic acid groups (broad SMARTS) is 4. The number of carbonyl (C=O) groups excluding carboxylic acids is 1. The molecule has 0 saturated heterocycles. The molecule has 0 fully saturated rings. The monoisotopic (exact) mass is 504 g/mol. The lowest BCUT2D eigenvalue weighted by Gasteiger charge is -2.34. The second-order valence-corrected chi connectivity index (χ2v) is 10.4. The lowest BCUT2D eigenvalue weighted by Crippen LogP contribution is -2.51. The van der Waals surface area contributed by atoms with Crippen molar-refractivity contribution in [3.8, 4) is 0 Å². The number of carbonyl (C=O) groups is 5. The third kappa shape index (κ3) is 18.3. The van der Waals surface area contributed by atoms with Crippen molar-refractivity contribution in [2.45, 2.75) is 46.6 Å². The summed E-state index contributed by atoms with van der Waals surface area (Å²) < 4.78 is 0. The summed E-state index contributed by atoms with van der Waals surface area (Å²) in [6.45, 7) is 7.95. The zero-order valence-corrected chi connectivity index (χ0v) is 21.2. The van der Waals surface area contributed by atoms with Crippen molar-refractivity contribution in [1.82, 2.24) is 20.0 Å². The van der Waals surface area contributed by atoms with Crippen LogP contribution in [0.15, 0.2) is 0 Å². The van der Waals surface area contributed by atoms with Crippen LogP contribution < -0.4 is 5.32 Å². The van der Waals surface area contributed by atoms with Crippen LogP contribution in [0.2, 0.25) is 0 Å². The largest absolute Gasteiger partial charge is 0.480 e. The average Bonchev–Trinajstić information content (AvgIpc) is 2.58. The minimum absolute atomic E-state index is 0.0215. The first-order valence-electron chi connectivity index (χ1n) is 11.2. The van der Waals surface area contributed by atoms with Crippen molar-refractivity contribution in [2.75, 3.05) is 58.9 Å². The van der Waals surface area contributed by atoms with E-state index >= 15 is 0 Å². The molecule has 0 aromatic heterocycles. The first-order valence-corrected chi connectivity index (χ1v) is 11.2. The van der Waals surface area contributed by atoms with Crippen LogP contribution in [0.5, 0.6) is 0 Å². The molecule has 0 bridgehead atoms. The molecule has 13 heteroatoms. The normalized spacial score (nSPS) is 12.2. The first-order chi connectivity index (χ1) is 15.9. The zero-order valence-electron chi connectivity index (χ0n) is 21.2. The van der Waals surface area contributed by atoms with Crippen LogP contribution >= 0.6 is 0 Å². The van der Waals surface area contributed by atoms with Crippen LogP contribution in [0.25, 0.3) is 0 Å². The summed E-state index contributed by atoms with van der Waals surface area (Å²) in [5, 5.41) is 39.3. The highest BCUT2D eigenvalue weighted by molar-refractivity contribution is 5.79. The maximum absolute atomic E-state index is 12.6. The Morgan fingerprint density at radius 2 is 0.886 bits per heavy atom. The second-order valence-electron chi connectivity index (χ2n) is 10.4. The summed E-state index contributed by atoms with van der Waals surface area (Å²) >= 11 is 0. The van der Waals surface area contributed by atoms with Crippen LogP contribution in [0.4, 0.5) is 0 Å². The van der Waals surface area contributed by atoms with Gasteiger partial charge in [0.25, 0.3) is 0 Å². The first kappa shape index (κ1) is 32.2. The van der Waals surface area contributed by atoms with Crippen LogP contribution in [0, 0.1) is 5.41 Å². The molecule has 1 amide bonds. The van der Waals surface area contributed by atoms with Crippen molar-refractivity contribution in [2.24, 2.45) is 5.41 Å². The predicted octanol–water partition coefficient (Wildman–Crippen LogP) is -0.438. The Morgan fingerprint density at radius 3 is 1.23 bits per heavy atom. The van der Waals surface area contributed by atoms with Gasteiger partial charge in [-0.15, -0.1) is 0 Å². The smallest absolute Gasteiger partial charge is 0.317 e. The van der Waals surface area contributed by atoms with Crippen molar-refractivity contribution in [3.05, 3.63) is 0 Å². The molecular formula is C22H40N4O9. The number of rotatable bonds is 18. The van der Waals surface area contributed by atoms with E-state index in [1.165, 1.54) is 9.80 Å². The van der Waals surface area contributed by atoms with Gasteiger partial charge in [0.05, 0.1) is 32.7 Å². The van der Waals surface area contributed by atoms with Gasteiger partial charge in [0.2, 0.25) is 5.91 Å². The molecule has 35 heavy (non-hydrogen) atoms. The van der Waals surface area contributed by atoms with Gasteiger partial charge in [-0.05, 0) is 25.7 Å². The summed E-state index contributed by atoms with van der Waals surface area (Å²) in [5.74, 6) is -5.10. The Morgan fingerprint density at radius 1 is 0.571 bits per heavy atom. The number of aliphatic carboxylic acids is 4. The molecule has 0 radical (unpaired) electrons.